The molecule has 2 saturated heterocycles. The second-order valence-corrected chi connectivity index (χ2v) is 8.22. The SMILES string of the molecule is CCNC(=NCC(=O)N1CCCC1)NCC1CCCOC1C(C)(C)C. The van der Waals surface area contributed by atoms with E-state index in [-0.39, 0.29) is 24.0 Å². The van der Waals surface area contributed by atoms with Crippen molar-refractivity contribution in [3.8, 4) is 0 Å². The van der Waals surface area contributed by atoms with Crippen LogP contribution in [0.25, 0.3) is 0 Å². The highest BCUT2D eigenvalue weighted by molar-refractivity contribution is 5.85. The van der Waals surface area contributed by atoms with Gasteiger partial charge in [0.2, 0.25) is 5.91 Å². The summed E-state index contributed by atoms with van der Waals surface area (Å²) in [6, 6.07) is 0. The van der Waals surface area contributed by atoms with E-state index in [9.17, 15) is 4.79 Å². The average molecular weight is 353 g/mol. The molecule has 6 heteroatoms. The molecule has 0 bridgehead atoms. The molecule has 2 N–H and O–H groups in total. The molecule has 1 amide bonds. The smallest absolute Gasteiger partial charge is 0.244 e. The summed E-state index contributed by atoms with van der Waals surface area (Å²) in [6.07, 6.45) is 4.76. The lowest BCUT2D eigenvalue weighted by Crippen LogP contribution is -2.47. The van der Waals surface area contributed by atoms with Crippen molar-refractivity contribution >= 4 is 11.9 Å². The molecule has 2 unspecified atom stereocenters. The monoisotopic (exact) mass is 352 g/mol. The van der Waals surface area contributed by atoms with Crippen molar-refractivity contribution in [3.63, 3.8) is 0 Å². The molecule has 0 spiro atoms. The molecule has 25 heavy (non-hydrogen) atoms. The van der Waals surface area contributed by atoms with Gasteiger partial charge in [-0.2, -0.15) is 0 Å². The van der Waals surface area contributed by atoms with Crippen LogP contribution < -0.4 is 10.6 Å². The van der Waals surface area contributed by atoms with Crippen molar-refractivity contribution in [1.29, 1.82) is 0 Å². The number of guanidine groups is 1. The highest BCUT2D eigenvalue weighted by atomic mass is 16.5. The van der Waals surface area contributed by atoms with Crippen LogP contribution in [0.5, 0.6) is 0 Å². The summed E-state index contributed by atoms with van der Waals surface area (Å²) >= 11 is 0. The van der Waals surface area contributed by atoms with Gasteiger partial charge in [-0.25, -0.2) is 4.99 Å². The molecule has 2 heterocycles. The number of aliphatic imine (C=N–C) groups is 1. The van der Waals surface area contributed by atoms with Crippen LogP contribution in [0, 0.1) is 11.3 Å². The normalized spacial score (nSPS) is 25.1. The van der Waals surface area contributed by atoms with Crippen molar-refractivity contribution < 1.29 is 9.53 Å². The van der Waals surface area contributed by atoms with Crippen molar-refractivity contribution in [2.24, 2.45) is 16.3 Å². The van der Waals surface area contributed by atoms with E-state index in [1.54, 1.807) is 0 Å². The minimum Gasteiger partial charge on any atom is -0.377 e. The van der Waals surface area contributed by atoms with Crippen LogP contribution in [-0.2, 0) is 9.53 Å². The maximum atomic E-state index is 12.2. The lowest BCUT2D eigenvalue weighted by Gasteiger charge is -2.40. The van der Waals surface area contributed by atoms with Gasteiger partial charge in [-0.1, -0.05) is 20.8 Å². The van der Waals surface area contributed by atoms with E-state index in [4.69, 9.17) is 4.74 Å². The van der Waals surface area contributed by atoms with Crippen molar-refractivity contribution in [2.75, 3.05) is 39.3 Å². The Balaban J connectivity index is 1.88. The van der Waals surface area contributed by atoms with Crippen molar-refractivity contribution in [2.45, 2.75) is 59.5 Å². The highest BCUT2D eigenvalue weighted by Gasteiger charge is 2.35. The van der Waals surface area contributed by atoms with Crippen molar-refractivity contribution in [1.82, 2.24) is 15.5 Å². The molecule has 0 aliphatic carbocycles. The highest BCUT2D eigenvalue weighted by Crippen LogP contribution is 2.33. The molecule has 2 aliphatic heterocycles. The number of hydrogen-bond acceptors (Lipinski definition) is 3. The summed E-state index contributed by atoms with van der Waals surface area (Å²) in [7, 11) is 0. The third-order valence-corrected chi connectivity index (χ3v) is 5.01. The van der Waals surface area contributed by atoms with Gasteiger partial charge in [0.05, 0.1) is 6.10 Å². The van der Waals surface area contributed by atoms with Gasteiger partial charge in [0, 0.05) is 38.7 Å². The number of rotatable bonds is 5. The van der Waals surface area contributed by atoms with E-state index in [1.807, 2.05) is 11.8 Å². The molecule has 0 aromatic carbocycles. The van der Waals surface area contributed by atoms with E-state index >= 15 is 0 Å². The largest absolute Gasteiger partial charge is 0.377 e. The Bertz CT molecular complexity index is 453. The Morgan fingerprint density at radius 3 is 2.56 bits per heavy atom. The summed E-state index contributed by atoms with van der Waals surface area (Å²) in [5, 5.41) is 6.68. The zero-order valence-electron chi connectivity index (χ0n) is 16.4. The van der Waals surface area contributed by atoms with Crippen LogP contribution in [0.1, 0.15) is 53.4 Å². The first-order chi connectivity index (χ1) is 11.9. The molecule has 6 nitrogen and oxygen atoms in total. The fourth-order valence-electron chi connectivity index (χ4n) is 3.79. The van der Waals surface area contributed by atoms with Crippen LogP contribution in [0.4, 0.5) is 0 Å². The molecule has 2 fully saturated rings. The van der Waals surface area contributed by atoms with Gasteiger partial charge in [-0.3, -0.25) is 4.79 Å². The average Bonchev–Trinajstić information content (AvgIpc) is 3.11. The summed E-state index contributed by atoms with van der Waals surface area (Å²) < 4.78 is 6.05. The molecule has 2 aliphatic rings. The Labute approximate surface area is 152 Å². The number of amides is 1. The first kappa shape index (κ1) is 20.0. The molecule has 0 saturated carbocycles. The standard InChI is InChI=1S/C19H36N4O2/c1-5-20-18(22-14-16(24)23-10-6-7-11-23)21-13-15-9-8-12-25-17(15)19(2,3)4/h15,17H,5-14H2,1-4H3,(H2,20,21,22). The Hall–Kier alpha value is -1.30. The molecular formula is C19H36N4O2. The predicted molar refractivity (Wildman–Crippen MR) is 102 cm³/mol. The quantitative estimate of drug-likeness (QED) is 0.587. The second-order valence-electron chi connectivity index (χ2n) is 8.22. The number of nitrogens with zero attached hydrogens (tertiary/aromatic N) is 2. The Morgan fingerprint density at radius 2 is 1.92 bits per heavy atom. The van der Waals surface area contributed by atoms with Crippen LogP contribution in [0.3, 0.4) is 0 Å². The minimum atomic E-state index is 0.128. The van der Waals surface area contributed by atoms with Crippen LogP contribution in [0.15, 0.2) is 4.99 Å². The maximum Gasteiger partial charge on any atom is 0.244 e. The van der Waals surface area contributed by atoms with Gasteiger partial charge in [-0.15, -0.1) is 0 Å². The zero-order chi connectivity index (χ0) is 18.3. The van der Waals surface area contributed by atoms with Gasteiger partial charge in [0.1, 0.15) is 6.54 Å². The molecule has 144 valence electrons. The summed E-state index contributed by atoms with van der Waals surface area (Å²) in [4.78, 5) is 18.6. The van der Waals surface area contributed by atoms with E-state index in [0.29, 0.717) is 5.92 Å². The van der Waals surface area contributed by atoms with Crippen molar-refractivity contribution in [3.05, 3.63) is 0 Å². The molecule has 0 aromatic heterocycles. The summed E-state index contributed by atoms with van der Waals surface area (Å²) in [5.74, 6) is 1.32. The zero-order valence-corrected chi connectivity index (χ0v) is 16.4. The van der Waals surface area contributed by atoms with Gasteiger partial charge < -0.3 is 20.3 Å². The van der Waals surface area contributed by atoms with E-state index in [2.05, 4.69) is 36.4 Å². The number of nitrogens with one attached hydrogen (secondary N) is 2. The lowest BCUT2D eigenvalue weighted by atomic mass is 9.78. The number of ether oxygens (including phenoxy) is 1. The summed E-state index contributed by atoms with van der Waals surface area (Å²) in [6.45, 7) is 13.2. The molecule has 0 radical (unpaired) electrons. The van der Waals surface area contributed by atoms with Crippen LogP contribution in [-0.4, -0.2) is 62.2 Å². The van der Waals surface area contributed by atoms with Gasteiger partial charge in [0.15, 0.2) is 5.96 Å². The Morgan fingerprint density at radius 1 is 1.20 bits per heavy atom. The first-order valence-electron chi connectivity index (χ1n) is 9.83. The molecule has 0 aromatic rings. The molecule has 2 rings (SSSR count). The van der Waals surface area contributed by atoms with E-state index < -0.39 is 0 Å². The summed E-state index contributed by atoms with van der Waals surface area (Å²) in [5.41, 5.74) is 0.133. The van der Waals surface area contributed by atoms with Crippen LogP contribution >= 0.6 is 0 Å². The van der Waals surface area contributed by atoms with E-state index in [1.165, 1.54) is 6.42 Å². The maximum absolute atomic E-state index is 12.2. The van der Waals surface area contributed by atoms with Crippen LogP contribution in [0.2, 0.25) is 0 Å². The molecule has 2 atom stereocenters. The number of likely N-dealkylation sites (tertiary alicyclic amines) is 1. The van der Waals surface area contributed by atoms with E-state index in [0.717, 1.165) is 58.0 Å². The second kappa shape index (κ2) is 9.41. The molecular weight excluding hydrogens is 316 g/mol. The minimum absolute atomic E-state index is 0.128. The topological polar surface area (TPSA) is 66.0 Å². The fraction of sp³-hybridized carbons (Fsp3) is 0.895. The number of hydrogen-bond donors (Lipinski definition) is 2. The number of carbonyl (C=O) groups is 1. The van der Waals surface area contributed by atoms with Gasteiger partial charge in [0.25, 0.3) is 0 Å². The van der Waals surface area contributed by atoms with Gasteiger partial charge >= 0.3 is 0 Å². The lowest BCUT2D eigenvalue weighted by molar-refractivity contribution is -0.128. The third-order valence-electron chi connectivity index (χ3n) is 5.01. The predicted octanol–water partition coefficient (Wildman–Crippen LogP) is 2.01. The first-order valence-corrected chi connectivity index (χ1v) is 9.83. The fourth-order valence-corrected chi connectivity index (χ4v) is 3.79. The third kappa shape index (κ3) is 6.17. The Kier molecular flexibility index (Phi) is 7.54. The van der Waals surface area contributed by atoms with Gasteiger partial charge in [-0.05, 0) is 38.0 Å². The number of carbonyl (C=O) groups excluding carboxylic acids is 1.